The zero-order chi connectivity index (χ0) is 17.9. The Morgan fingerprint density at radius 3 is 2.69 bits per heavy atom. The molecule has 1 saturated heterocycles. The number of piperazine rings is 1. The highest BCUT2D eigenvalue weighted by Crippen LogP contribution is 2.22. The predicted octanol–water partition coefficient (Wildman–Crippen LogP) is 4.03. The van der Waals surface area contributed by atoms with Crippen LogP contribution in [0.1, 0.15) is 17.7 Å². The molecule has 0 bridgehead atoms. The zero-order valence-electron chi connectivity index (χ0n) is 15.1. The molecular weight excluding hydrogens is 329 g/mol. The largest absolute Gasteiger partial charge is 0.369 e. The first kappa shape index (κ1) is 17.0. The summed E-state index contributed by atoms with van der Waals surface area (Å²) < 4.78 is 18.5. The van der Waals surface area contributed by atoms with Gasteiger partial charge in [-0.05, 0) is 50.1 Å². The van der Waals surface area contributed by atoms with Crippen LogP contribution in [0.15, 0.2) is 47.0 Å². The molecule has 3 aromatic rings. The summed E-state index contributed by atoms with van der Waals surface area (Å²) >= 11 is 0. The summed E-state index contributed by atoms with van der Waals surface area (Å²) in [5.74, 6) is -0.285. The van der Waals surface area contributed by atoms with Crippen LogP contribution in [0.4, 0.5) is 10.1 Å². The number of aromatic nitrogens is 1. The second kappa shape index (κ2) is 7.46. The van der Waals surface area contributed by atoms with Crippen LogP contribution in [0, 0.1) is 12.7 Å². The number of aryl methyl sites for hydroxylation is 2. The van der Waals surface area contributed by atoms with Crippen molar-refractivity contribution in [3.8, 4) is 0 Å². The van der Waals surface area contributed by atoms with Crippen molar-refractivity contribution in [2.45, 2.75) is 19.8 Å². The van der Waals surface area contributed by atoms with Crippen molar-refractivity contribution in [3.63, 3.8) is 0 Å². The Kier molecular flexibility index (Phi) is 4.89. The number of para-hydroxylation sites is 1. The van der Waals surface area contributed by atoms with E-state index in [9.17, 15) is 4.39 Å². The minimum Gasteiger partial charge on any atom is -0.369 e. The summed E-state index contributed by atoms with van der Waals surface area (Å²) in [6.07, 6.45) is 1.89. The number of rotatable bonds is 5. The fourth-order valence-corrected chi connectivity index (χ4v) is 3.74. The molecule has 5 heteroatoms. The van der Waals surface area contributed by atoms with Gasteiger partial charge in [0.15, 0.2) is 5.58 Å². The molecule has 1 fully saturated rings. The standard InChI is InChI=1S/C21H24FN3O/c1-16-5-2-3-7-20(16)25-13-11-24(12-14-25)10-4-6-19-18-9-8-17(22)15-21(18)26-23-19/h2-3,5,7-9,15H,4,6,10-14H2,1H3. The van der Waals surface area contributed by atoms with Gasteiger partial charge in [-0.3, -0.25) is 4.90 Å². The number of nitrogens with zero attached hydrogens (tertiary/aromatic N) is 3. The summed E-state index contributed by atoms with van der Waals surface area (Å²) in [5.41, 5.74) is 4.16. The van der Waals surface area contributed by atoms with Crippen molar-refractivity contribution < 1.29 is 8.91 Å². The molecule has 4 nitrogen and oxygen atoms in total. The van der Waals surface area contributed by atoms with E-state index in [0.29, 0.717) is 5.58 Å². The molecule has 0 saturated carbocycles. The number of benzene rings is 2. The van der Waals surface area contributed by atoms with E-state index < -0.39 is 0 Å². The van der Waals surface area contributed by atoms with E-state index in [4.69, 9.17) is 4.52 Å². The first-order valence-electron chi connectivity index (χ1n) is 9.27. The van der Waals surface area contributed by atoms with Crippen LogP contribution in [-0.2, 0) is 6.42 Å². The smallest absolute Gasteiger partial charge is 0.170 e. The van der Waals surface area contributed by atoms with Gasteiger partial charge in [-0.25, -0.2) is 4.39 Å². The van der Waals surface area contributed by atoms with E-state index in [1.807, 2.05) is 0 Å². The van der Waals surface area contributed by atoms with E-state index in [1.165, 1.54) is 23.4 Å². The highest BCUT2D eigenvalue weighted by atomic mass is 19.1. The van der Waals surface area contributed by atoms with Crippen molar-refractivity contribution >= 4 is 16.7 Å². The average Bonchev–Trinajstić information content (AvgIpc) is 3.05. The van der Waals surface area contributed by atoms with Crippen LogP contribution in [0.5, 0.6) is 0 Å². The highest BCUT2D eigenvalue weighted by molar-refractivity contribution is 5.79. The molecule has 4 rings (SSSR count). The van der Waals surface area contributed by atoms with Gasteiger partial charge >= 0.3 is 0 Å². The van der Waals surface area contributed by atoms with Gasteiger partial charge in [0.05, 0.1) is 5.69 Å². The predicted molar refractivity (Wildman–Crippen MR) is 102 cm³/mol. The number of hydrogen-bond acceptors (Lipinski definition) is 4. The van der Waals surface area contributed by atoms with Crippen LogP contribution >= 0.6 is 0 Å². The van der Waals surface area contributed by atoms with Gasteiger partial charge in [0, 0.05) is 43.3 Å². The molecule has 2 aromatic carbocycles. The minimum absolute atomic E-state index is 0.285. The van der Waals surface area contributed by atoms with Crippen molar-refractivity contribution in [2.75, 3.05) is 37.6 Å². The lowest BCUT2D eigenvalue weighted by Crippen LogP contribution is -2.46. The summed E-state index contributed by atoms with van der Waals surface area (Å²) in [6.45, 7) is 7.53. The normalized spacial score (nSPS) is 15.7. The number of halogens is 1. The fraction of sp³-hybridized carbons (Fsp3) is 0.381. The van der Waals surface area contributed by atoms with Gasteiger partial charge < -0.3 is 9.42 Å². The van der Waals surface area contributed by atoms with Gasteiger partial charge in [0.1, 0.15) is 5.82 Å². The van der Waals surface area contributed by atoms with Crippen LogP contribution in [0.2, 0.25) is 0 Å². The quantitative estimate of drug-likeness (QED) is 0.693. The molecule has 0 N–H and O–H groups in total. The van der Waals surface area contributed by atoms with Gasteiger partial charge in [-0.1, -0.05) is 23.4 Å². The molecule has 0 atom stereocenters. The molecule has 0 aliphatic carbocycles. The molecule has 0 unspecified atom stereocenters. The second-order valence-electron chi connectivity index (χ2n) is 6.99. The van der Waals surface area contributed by atoms with Crippen molar-refractivity contribution in [2.24, 2.45) is 0 Å². The van der Waals surface area contributed by atoms with Crippen molar-refractivity contribution in [3.05, 3.63) is 59.5 Å². The monoisotopic (exact) mass is 353 g/mol. The van der Waals surface area contributed by atoms with E-state index in [0.717, 1.165) is 56.6 Å². The fourth-order valence-electron chi connectivity index (χ4n) is 3.74. The Hall–Kier alpha value is -2.40. The first-order chi connectivity index (χ1) is 12.7. The lowest BCUT2D eigenvalue weighted by atomic mass is 10.1. The minimum atomic E-state index is -0.285. The molecule has 26 heavy (non-hydrogen) atoms. The van der Waals surface area contributed by atoms with E-state index >= 15 is 0 Å². The maximum Gasteiger partial charge on any atom is 0.170 e. The lowest BCUT2D eigenvalue weighted by molar-refractivity contribution is 0.254. The average molecular weight is 353 g/mol. The molecule has 1 aliphatic heterocycles. The topological polar surface area (TPSA) is 32.5 Å². The van der Waals surface area contributed by atoms with Crippen molar-refractivity contribution in [1.29, 1.82) is 0 Å². The summed E-state index contributed by atoms with van der Waals surface area (Å²) in [6, 6.07) is 13.2. The van der Waals surface area contributed by atoms with Gasteiger partial charge in [-0.15, -0.1) is 0 Å². The van der Waals surface area contributed by atoms with E-state index in [2.05, 4.69) is 46.1 Å². The molecule has 136 valence electrons. The molecule has 0 amide bonds. The third-order valence-electron chi connectivity index (χ3n) is 5.23. The Labute approximate surface area is 153 Å². The van der Waals surface area contributed by atoms with E-state index in [1.54, 1.807) is 6.07 Å². The van der Waals surface area contributed by atoms with Crippen molar-refractivity contribution in [1.82, 2.24) is 10.1 Å². The van der Waals surface area contributed by atoms with Crippen LogP contribution in [-0.4, -0.2) is 42.8 Å². The van der Waals surface area contributed by atoms with Gasteiger partial charge in [-0.2, -0.15) is 0 Å². The first-order valence-corrected chi connectivity index (χ1v) is 9.27. The Morgan fingerprint density at radius 2 is 1.88 bits per heavy atom. The maximum absolute atomic E-state index is 13.2. The maximum atomic E-state index is 13.2. The summed E-state index contributed by atoms with van der Waals surface area (Å²) in [5, 5.41) is 5.04. The number of fused-ring (bicyclic) bond motifs is 1. The SMILES string of the molecule is Cc1ccccc1N1CCN(CCCc2noc3cc(F)ccc23)CC1. The Morgan fingerprint density at radius 1 is 1.08 bits per heavy atom. The molecule has 0 spiro atoms. The third kappa shape index (κ3) is 3.58. The molecule has 2 heterocycles. The molecule has 1 aliphatic rings. The number of anilines is 1. The summed E-state index contributed by atoms with van der Waals surface area (Å²) in [4.78, 5) is 4.99. The van der Waals surface area contributed by atoms with Gasteiger partial charge in [0.25, 0.3) is 0 Å². The number of hydrogen-bond donors (Lipinski definition) is 0. The lowest BCUT2D eigenvalue weighted by Gasteiger charge is -2.36. The zero-order valence-corrected chi connectivity index (χ0v) is 15.1. The third-order valence-corrected chi connectivity index (χ3v) is 5.23. The summed E-state index contributed by atoms with van der Waals surface area (Å²) in [7, 11) is 0. The van der Waals surface area contributed by atoms with E-state index in [-0.39, 0.29) is 5.82 Å². The van der Waals surface area contributed by atoms with Crippen LogP contribution in [0.25, 0.3) is 11.0 Å². The Balaban J connectivity index is 1.28. The Bertz CT molecular complexity index is 884. The molecular formula is C21H24FN3O. The second-order valence-corrected chi connectivity index (χ2v) is 6.99. The molecule has 1 aromatic heterocycles. The van der Waals surface area contributed by atoms with Crippen LogP contribution in [0.3, 0.4) is 0 Å². The van der Waals surface area contributed by atoms with Gasteiger partial charge in [0.2, 0.25) is 0 Å². The van der Waals surface area contributed by atoms with Crippen LogP contribution < -0.4 is 4.90 Å². The molecule has 0 radical (unpaired) electrons. The highest BCUT2D eigenvalue weighted by Gasteiger charge is 2.18.